The fraction of sp³-hybridized carbons (Fsp3) is 0.222. The Hall–Kier alpha value is -2.15. The van der Waals surface area contributed by atoms with Crippen molar-refractivity contribution in [1.82, 2.24) is 0 Å². The number of ether oxygens (including phenoxy) is 1. The third kappa shape index (κ3) is 5.92. The Bertz CT molecular complexity index is 813. The topological polar surface area (TPSA) is 111 Å². The maximum Gasteiger partial charge on any atom is 0.143 e. The van der Waals surface area contributed by atoms with Crippen LogP contribution >= 0.6 is 35.6 Å². The number of anilines is 1. The Labute approximate surface area is 173 Å². The van der Waals surface area contributed by atoms with Crippen molar-refractivity contribution < 1.29 is 14.6 Å². The van der Waals surface area contributed by atoms with Crippen LogP contribution in [0.25, 0.3) is 0 Å². The van der Waals surface area contributed by atoms with E-state index in [9.17, 15) is 9.90 Å². The van der Waals surface area contributed by atoms with Crippen LogP contribution < -0.4 is 20.9 Å². The molecule has 0 saturated carbocycles. The van der Waals surface area contributed by atoms with Crippen LogP contribution in [0.5, 0.6) is 5.75 Å². The number of nitrogen functional groups attached to an aromatic ring is 1. The lowest BCUT2D eigenvalue weighted by molar-refractivity contribution is -0.307. The van der Waals surface area contributed by atoms with Crippen molar-refractivity contribution in [3.05, 3.63) is 57.6 Å². The second-order valence-corrected chi connectivity index (χ2v) is 6.39. The molecule has 27 heavy (non-hydrogen) atoms. The lowest BCUT2D eigenvalue weighted by Crippen LogP contribution is -2.34. The summed E-state index contributed by atoms with van der Waals surface area (Å²) in [4.78, 5) is 11.8. The maximum absolute atomic E-state index is 11.8. The van der Waals surface area contributed by atoms with Crippen LogP contribution in [0, 0.1) is 5.41 Å². The Morgan fingerprint density at radius 1 is 1.30 bits per heavy atom. The number of nitrogens with one attached hydrogen (secondary N) is 2. The van der Waals surface area contributed by atoms with Crippen LogP contribution in [0.2, 0.25) is 10.0 Å². The van der Waals surface area contributed by atoms with Crippen LogP contribution in [-0.4, -0.2) is 18.4 Å². The van der Waals surface area contributed by atoms with Gasteiger partial charge in [-0.1, -0.05) is 30.1 Å². The molecule has 146 valence electrons. The fourth-order valence-electron chi connectivity index (χ4n) is 2.33. The van der Waals surface area contributed by atoms with Crippen LogP contribution in [0.3, 0.4) is 0 Å². The Morgan fingerprint density at radius 2 is 1.93 bits per heavy atom. The predicted octanol–water partition coefficient (Wildman–Crippen LogP) is 3.39. The number of carboxylic acids is 1. The van der Waals surface area contributed by atoms with Crippen molar-refractivity contribution in [2.45, 2.75) is 19.4 Å². The van der Waals surface area contributed by atoms with Gasteiger partial charge in [0.25, 0.3) is 0 Å². The first-order valence-corrected chi connectivity index (χ1v) is 8.62. The monoisotopic (exact) mass is 430 g/mol. The summed E-state index contributed by atoms with van der Waals surface area (Å²) in [5, 5.41) is 22.5. The van der Waals surface area contributed by atoms with Gasteiger partial charge in [-0.25, -0.2) is 0 Å². The SMILES string of the molecule is CCCOc1c(Cl)cc(Cl)cc1C(Nc1ccc(C(=N)N)cc1)C(=O)[O-].Cl. The first-order valence-electron chi connectivity index (χ1n) is 7.87. The van der Waals surface area contributed by atoms with Crippen LogP contribution in [0.1, 0.15) is 30.5 Å². The van der Waals surface area contributed by atoms with Gasteiger partial charge in [-0.05, 0) is 42.8 Å². The smallest absolute Gasteiger partial charge is 0.143 e. The molecule has 0 aliphatic heterocycles. The molecule has 0 bridgehead atoms. The molecule has 0 aliphatic rings. The first-order chi connectivity index (χ1) is 12.3. The normalized spacial score (nSPS) is 11.2. The van der Waals surface area contributed by atoms with E-state index >= 15 is 0 Å². The van der Waals surface area contributed by atoms with E-state index in [0.717, 1.165) is 6.42 Å². The Morgan fingerprint density at radius 3 is 2.44 bits per heavy atom. The van der Waals surface area contributed by atoms with Crippen molar-refractivity contribution in [1.29, 1.82) is 5.41 Å². The van der Waals surface area contributed by atoms with E-state index in [-0.39, 0.29) is 39.6 Å². The van der Waals surface area contributed by atoms with Gasteiger partial charge in [0.1, 0.15) is 11.6 Å². The maximum atomic E-state index is 11.8. The number of hydrogen-bond acceptors (Lipinski definition) is 5. The van der Waals surface area contributed by atoms with Crippen molar-refractivity contribution in [3.63, 3.8) is 0 Å². The van der Waals surface area contributed by atoms with Gasteiger partial charge >= 0.3 is 0 Å². The largest absolute Gasteiger partial charge is 0.548 e. The number of carbonyl (C=O) groups excluding carboxylic acids is 1. The molecule has 1 unspecified atom stereocenters. The summed E-state index contributed by atoms with van der Waals surface area (Å²) in [5.74, 6) is -1.19. The van der Waals surface area contributed by atoms with Gasteiger partial charge in [0.2, 0.25) is 0 Å². The van der Waals surface area contributed by atoms with Crippen LogP contribution in [-0.2, 0) is 4.79 Å². The number of nitrogens with two attached hydrogens (primary N) is 1. The van der Waals surface area contributed by atoms with E-state index in [1.165, 1.54) is 12.1 Å². The molecular weight excluding hydrogens is 413 g/mol. The Kier molecular flexibility index (Phi) is 8.69. The second kappa shape index (κ2) is 10.3. The number of benzene rings is 2. The molecule has 9 heteroatoms. The summed E-state index contributed by atoms with van der Waals surface area (Å²) in [5.41, 5.74) is 6.71. The molecule has 2 rings (SSSR count). The summed E-state index contributed by atoms with van der Waals surface area (Å²) in [6, 6.07) is 8.19. The van der Waals surface area contributed by atoms with Gasteiger partial charge in [-0.15, -0.1) is 12.4 Å². The summed E-state index contributed by atoms with van der Waals surface area (Å²) in [7, 11) is 0. The zero-order chi connectivity index (χ0) is 19.3. The van der Waals surface area contributed by atoms with Crippen molar-refractivity contribution in [2.24, 2.45) is 5.73 Å². The van der Waals surface area contributed by atoms with Crippen molar-refractivity contribution in [2.75, 3.05) is 11.9 Å². The zero-order valence-corrected chi connectivity index (χ0v) is 16.8. The molecule has 4 N–H and O–H groups in total. The van der Waals surface area contributed by atoms with E-state index in [1.807, 2.05) is 6.92 Å². The summed E-state index contributed by atoms with van der Waals surface area (Å²) in [6.07, 6.45) is 0.730. The highest BCUT2D eigenvalue weighted by atomic mass is 35.5. The van der Waals surface area contributed by atoms with E-state index in [2.05, 4.69) is 5.32 Å². The van der Waals surface area contributed by atoms with E-state index < -0.39 is 12.0 Å². The molecule has 0 aromatic heterocycles. The highest BCUT2D eigenvalue weighted by Crippen LogP contribution is 2.37. The van der Waals surface area contributed by atoms with Crippen molar-refractivity contribution >= 4 is 53.1 Å². The van der Waals surface area contributed by atoms with Gasteiger partial charge in [0.15, 0.2) is 0 Å². The molecule has 6 nitrogen and oxygen atoms in total. The average molecular weight is 432 g/mol. The molecular formula is C18H19Cl3N3O3-. The number of carbonyl (C=O) groups is 1. The zero-order valence-electron chi connectivity index (χ0n) is 14.4. The average Bonchev–Trinajstić information content (AvgIpc) is 2.58. The quantitative estimate of drug-likeness (QED) is 0.438. The molecule has 0 spiro atoms. The molecule has 0 heterocycles. The van der Waals surface area contributed by atoms with Gasteiger partial charge < -0.3 is 25.7 Å². The lowest BCUT2D eigenvalue weighted by Gasteiger charge is -2.24. The van der Waals surface area contributed by atoms with E-state index in [1.54, 1.807) is 24.3 Å². The van der Waals surface area contributed by atoms with Crippen LogP contribution in [0.4, 0.5) is 5.69 Å². The standard InChI is InChI=1S/C18H19Cl2N3O3.ClH/c1-2-7-26-16-13(8-11(19)9-14(16)20)15(18(24)25)23-12-5-3-10(4-6-12)17(21)22;/h3-6,8-9,15,23H,2,7H2,1H3,(H3,21,22)(H,24,25);1H/p-1. The van der Waals surface area contributed by atoms with Gasteiger partial charge in [0.05, 0.1) is 23.6 Å². The third-order valence-electron chi connectivity index (χ3n) is 3.54. The van der Waals surface area contributed by atoms with Gasteiger partial charge in [-0.2, -0.15) is 0 Å². The number of aliphatic carboxylic acids is 1. The Balaban J connectivity index is 0.00000364. The lowest BCUT2D eigenvalue weighted by atomic mass is 10.0. The highest BCUT2D eigenvalue weighted by Gasteiger charge is 2.21. The molecule has 0 saturated heterocycles. The van der Waals surface area contributed by atoms with E-state index in [4.69, 9.17) is 39.1 Å². The van der Waals surface area contributed by atoms with Crippen LogP contribution in [0.15, 0.2) is 36.4 Å². The van der Waals surface area contributed by atoms with Gasteiger partial charge in [0, 0.05) is 21.8 Å². The summed E-state index contributed by atoms with van der Waals surface area (Å²) < 4.78 is 5.63. The second-order valence-electron chi connectivity index (χ2n) is 5.54. The molecule has 1 atom stereocenters. The summed E-state index contributed by atoms with van der Waals surface area (Å²) in [6.45, 7) is 2.30. The minimum atomic E-state index is -1.36. The van der Waals surface area contributed by atoms with Crippen molar-refractivity contribution in [3.8, 4) is 5.75 Å². The predicted molar refractivity (Wildman–Crippen MR) is 108 cm³/mol. The molecule has 0 fully saturated rings. The number of halogens is 3. The fourth-order valence-corrected chi connectivity index (χ4v) is 2.89. The third-order valence-corrected chi connectivity index (χ3v) is 4.04. The first kappa shape index (κ1) is 22.9. The molecule has 0 radical (unpaired) electrons. The molecule has 0 amide bonds. The minimum absolute atomic E-state index is 0. The summed E-state index contributed by atoms with van der Waals surface area (Å²) >= 11 is 12.2. The number of rotatable bonds is 8. The number of hydrogen-bond donors (Lipinski definition) is 3. The molecule has 2 aromatic carbocycles. The number of carboxylic acid groups (broad SMARTS) is 1. The van der Waals surface area contributed by atoms with Gasteiger partial charge in [-0.3, -0.25) is 5.41 Å². The highest BCUT2D eigenvalue weighted by molar-refractivity contribution is 6.35. The number of amidine groups is 1. The molecule has 2 aromatic rings. The molecule has 0 aliphatic carbocycles. The van der Waals surface area contributed by atoms with E-state index in [0.29, 0.717) is 17.9 Å². The minimum Gasteiger partial charge on any atom is -0.548 e.